The number of terminal acetylenes is 1. The fraction of sp³-hybridized carbons (Fsp3) is 0.714. The number of rotatable bonds is 2. The quantitative estimate of drug-likeness (QED) is 0.519. The van der Waals surface area contributed by atoms with Crippen LogP contribution in [0.15, 0.2) is 0 Å². The van der Waals surface area contributed by atoms with Gasteiger partial charge >= 0.3 is 0 Å². The van der Waals surface area contributed by atoms with E-state index in [0.717, 1.165) is 0 Å². The monoisotopic (exact) mass is 128 g/mol. The Bertz CT molecular complexity index is 121. The molecule has 0 saturated carbocycles. The van der Waals surface area contributed by atoms with Crippen LogP contribution in [-0.4, -0.2) is 21.9 Å². The molecule has 0 aromatic carbocycles. The molecule has 0 aliphatic rings. The molecule has 0 aromatic heterocycles. The first-order chi connectivity index (χ1) is 4.04. The van der Waals surface area contributed by atoms with Crippen LogP contribution in [0.25, 0.3) is 0 Å². The van der Waals surface area contributed by atoms with Crippen molar-refractivity contribution in [1.82, 2.24) is 0 Å². The molecular formula is C7H12O2. The first-order valence-corrected chi connectivity index (χ1v) is 2.92. The van der Waals surface area contributed by atoms with Gasteiger partial charge in [-0.1, -0.05) is 12.8 Å². The van der Waals surface area contributed by atoms with E-state index in [0.29, 0.717) is 6.42 Å². The SMILES string of the molecule is C#C[C@@](C)(O)[C@@H](O)CC. The predicted octanol–water partition coefficient (Wildman–Crippen LogP) is 0.141. The highest BCUT2D eigenvalue weighted by Crippen LogP contribution is 2.10. The van der Waals surface area contributed by atoms with Crippen molar-refractivity contribution in [3.8, 4) is 12.3 Å². The van der Waals surface area contributed by atoms with Gasteiger partial charge in [-0.2, -0.15) is 0 Å². The summed E-state index contributed by atoms with van der Waals surface area (Å²) >= 11 is 0. The van der Waals surface area contributed by atoms with E-state index in [1.165, 1.54) is 6.92 Å². The zero-order valence-corrected chi connectivity index (χ0v) is 5.76. The van der Waals surface area contributed by atoms with Crippen molar-refractivity contribution in [3.05, 3.63) is 0 Å². The number of hydrogen-bond donors (Lipinski definition) is 2. The first-order valence-electron chi connectivity index (χ1n) is 2.92. The molecular weight excluding hydrogens is 116 g/mol. The summed E-state index contributed by atoms with van der Waals surface area (Å²) in [5.74, 6) is 2.10. The van der Waals surface area contributed by atoms with Crippen LogP contribution < -0.4 is 0 Å². The van der Waals surface area contributed by atoms with Crippen LogP contribution >= 0.6 is 0 Å². The Morgan fingerprint density at radius 3 is 2.33 bits per heavy atom. The van der Waals surface area contributed by atoms with Gasteiger partial charge in [0, 0.05) is 0 Å². The fourth-order valence-electron chi connectivity index (χ4n) is 0.494. The summed E-state index contributed by atoms with van der Waals surface area (Å²) in [6.07, 6.45) is 4.58. The van der Waals surface area contributed by atoms with Gasteiger partial charge in [-0.15, -0.1) is 6.42 Å². The average Bonchev–Trinajstić information content (AvgIpc) is 1.86. The molecule has 0 aliphatic heterocycles. The van der Waals surface area contributed by atoms with Crippen LogP contribution in [0.2, 0.25) is 0 Å². The summed E-state index contributed by atoms with van der Waals surface area (Å²) in [6.45, 7) is 3.18. The van der Waals surface area contributed by atoms with E-state index >= 15 is 0 Å². The van der Waals surface area contributed by atoms with Gasteiger partial charge in [-0.05, 0) is 13.3 Å². The van der Waals surface area contributed by atoms with Gasteiger partial charge in [0.25, 0.3) is 0 Å². The molecule has 9 heavy (non-hydrogen) atoms. The molecule has 0 heterocycles. The molecule has 0 unspecified atom stereocenters. The lowest BCUT2D eigenvalue weighted by Gasteiger charge is -2.21. The Hall–Kier alpha value is -0.520. The minimum absolute atomic E-state index is 0.469. The Kier molecular flexibility index (Phi) is 2.69. The van der Waals surface area contributed by atoms with E-state index < -0.39 is 11.7 Å². The molecule has 2 nitrogen and oxygen atoms in total. The third-order valence-electron chi connectivity index (χ3n) is 1.33. The summed E-state index contributed by atoms with van der Waals surface area (Å²) in [5, 5.41) is 18.1. The van der Waals surface area contributed by atoms with Crippen LogP contribution in [-0.2, 0) is 0 Å². The molecule has 2 atom stereocenters. The molecule has 0 saturated heterocycles. The van der Waals surface area contributed by atoms with E-state index in [1.807, 2.05) is 0 Å². The van der Waals surface area contributed by atoms with Gasteiger partial charge in [0.05, 0.1) is 6.10 Å². The van der Waals surface area contributed by atoms with E-state index in [-0.39, 0.29) is 0 Å². The van der Waals surface area contributed by atoms with Crippen molar-refractivity contribution in [2.24, 2.45) is 0 Å². The van der Waals surface area contributed by atoms with Crippen molar-refractivity contribution in [3.63, 3.8) is 0 Å². The van der Waals surface area contributed by atoms with Gasteiger partial charge in [-0.3, -0.25) is 0 Å². The molecule has 0 radical (unpaired) electrons. The molecule has 52 valence electrons. The molecule has 0 spiro atoms. The summed E-state index contributed by atoms with van der Waals surface area (Å²) in [7, 11) is 0. The molecule has 0 amide bonds. The summed E-state index contributed by atoms with van der Waals surface area (Å²) in [6, 6.07) is 0. The lowest BCUT2D eigenvalue weighted by atomic mass is 9.99. The number of aliphatic hydroxyl groups is 2. The maximum atomic E-state index is 9.11. The second-order valence-corrected chi connectivity index (χ2v) is 2.22. The average molecular weight is 128 g/mol. The zero-order chi connectivity index (χ0) is 7.49. The van der Waals surface area contributed by atoms with Crippen molar-refractivity contribution >= 4 is 0 Å². The summed E-state index contributed by atoms with van der Waals surface area (Å²) in [5.41, 5.74) is -1.37. The zero-order valence-electron chi connectivity index (χ0n) is 5.76. The summed E-state index contributed by atoms with van der Waals surface area (Å²) in [4.78, 5) is 0. The number of hydrogen-bond acceptors (Lipinski definition) is 2. The van der Waals surface area contributed by atoms with Gasteiger partial charge in [0.15, 0.2) is 0 Å². The largest absolute Gasteiger partial charge is 0.389 e. The van der Waals surface area contributed by atoms with Crippen LogP contribution in [0.4, 0.5) is 0 Å². The second kappa shape index (κ2) is 2.86. The Morgan fingerprint density at radius 2 is 2.22 bits per heavy atom. The van der Waals surface area contributed by atoms with Gasteiger partial charge in [0.2, 0.25) is 0 Å². The normalized spacial score (nSPS) is 19.9. The third-order valence-corrected chi connectivity index (χ3v) is 1.33. The topological polar surface area (TPSA) is 40.5 Å². The van der Waals surface area contributed by atoms with Crippen molar-refractivity contribution in [2.45, 2.75) is 32.0 Å². The Balaban J connectivity index is 4.01. The highest BCUT2D eigenvalue weighted by Gasteiger charge is 2.25. The molecule has 0 fully saturated rings. The van der Waals surface area contributed by atoms with Gasteiger partial charge < -0.3 is 10.2 Å². The van der Waals surface area contributed by atoms with Crippen molar-refractivity contribution in [2.75, 3.05) is 0 Å². The maximum absolute atomic E-state index is 9.11. The lowest BCUT2D eigenvalue weighted by molar-refractivity contribution is -0.0202. The van der Waals surface area contributed by atoms with Crippen LogP contribution in [0.1, 0.15) is 20.3 Å². The molecule has 0 aromatic rings. The minimum Gasteiger partial charge on any atom is -0.389 e. The van der Waals surface area contributed by atoms with Crippen LogP contribution in [0, 0.1) is 12.3 Å². The van der Waals surface area contributed by atoms with Gasteiger partial charge in [0.1, 0.15) is 5.60 Å². The molecule has 2 heteroatoms. The molecule has 0 rings (SSSR count). The molecule has 0 bridgehead atoms. The van der Waals surface area contributed by atoms with Crippen LogP contribution in [0.5, 0.6) is 0 Å². The lowest BCUT2D eigenvalue weighted by Crippen LogP contribution is -2.36. The molecule has 0 aliphatic carbocycles. The summed E-state index contributed by atoms with van der Waals surface area (Å²) < 4.78 is 0. The molecule has 2 N–H and O–H groups in total. The smallest absolute Gasteiger partial charge is 0.148 e. The number of aliphatic hydroxyl groups excluding tert-OH is 1. The van der Waals surface area contributed by atoms with E-state index in [2.05, 4.69) is 5.92 Å². The Labute approximate surface area is 55.5 Å². The van der Waals surface area contributed by atoms with E-state index in [4.69, 9.17) is 16.6 Å². The van der Waals surface area contributed by atoms with E-state index in [1.54, 1.807) is 6.92 Å². The first kappa shape index (κ1) is 8.48. The second-order valence-electron chi connectivity index (χ2n) is 2.22. The highest BCUT2D eigenvalue weighted by molar-refractivity contribution is 5.07. The van der Waals surface area contributed by atoms with Crippen LogP contribution in [0.3, 0.4) is 0 Å². The standard InChI is InChI=1S/C7H12O2/c1-4-6(8)7(3,9)5-2/h2,6,8-9H,4H2,1,3H3/t6-,7+/m0/s1. The highest BCUT2D eigenvalue weighted by atomic mass is 16.3. The Morgan fingerprint density at radius 1 is 1.78 bits per heavy atom. The van der Waals surface area contributed by atoms with E-state index in [9.17, 15) is 0 Å². The fourth-order valence-corrected chi connectivity index (χ4v) is 0.494. The third kappa shape index (κ3) is 2.05. The minimum atomic E-state index is -1.37. The predicted molar refractivity (Wildman–Crippen MR) is 35.8 cm³/mol. The van der Waals surface area contributed by atoms with Gasteiger partial charge in [-0.25, -0.2) is 0 Å². The van der Waals surface area contributed by atoms with Crippen molar-refractivity contribution < 1.29 is 10.2 Å². The maximum Gasteiger partial charge on any atom is 0.148 e. The van der Waals surface area contributed by atoms with Crippen molar-refractivity contribution in [1.29, 1.82) is 0 Å².